The maximum absolute atomic E-state index is 12.7. The average molecular weight is 455 g/mol. The summed E-state index contributed by atoms with van der Waals surface area (Å²) in [6.07, 6.45) is 8.89. The number of hydrogen-bond donors (Lipinski definition) is 2. The number of fused-ring (bicyclic) bond motifs is 1. The van der Waals surface area contributed by atoms with Crippen LogP contribution in [-0.4, -0.2) is 32.1 Å². The SMILES string of the molecule is COc1cc(/C=C\c2ccccc2N/C=C\C(=O)c2c[nH]c3ccccc23)cc(OC)c1OC. The number of H-pyrrole nitrogens is 1. The highest BCUT2D eigenvalue weighted by Gasteiger charge is 2.12. The molecule has 34 heavy (non-hydrogen) atoms. The van der Waals surface area contributed by atoms with Crippen molar-refractivity contribution in [3.05, 3.63) is 95.8 Å². The van der Waals surface area contributed by atoms with Gasteiger partial charge >= 0.3 is 0 Å². The number of anilines is 1. The van der Waals surface area contributed by atoms with Crippen LogP contribution < -0.4 is 19.5 Å². The van der Waals surface area contributed by atoms with Gasteiger partial charge in [-0.25, -0.2) is 0 Å². The van der Waals surface area contributed by atoms with Crippen LogP contribution in [0.15, 0.2) is 79.1 Å². The zero-order valence-electron chi connectivity index (χ0n) is 19.3. The minimum absolute atomic E-state index is 0.0737. The molecular weight excluding hydrogens is 428 g/mol. The Hall–Kier alpha value is -4.45. The molecule has 1 aromatic heterocycles. The van der Waals surface area contributed by atoms with Gasteiger partial charge in [0.25, 0.3) is 0 Å². The molecule has 0 saturated heterocycles. The number of aromatic amines is 1. The molecule has 0 aliphatic carbocycles. The second-order valence-electron chi connectivity index (χ2n) is 7.47. The number of carbonyl (C=O) groups is 1. The van der Waals surface area contributed by atoms with Gasteiger partial charge in [0.05, 0.1) is 21.3 Å². The highest BCUT2D eigenvalue weighted by atomic mass is 16.5. The van der Waals surface area contributed by atoms with Crippen molar-refractivity contribution in [2.24, 2.45) is 0 Å². The fourth-order valence-electron chi connectivity index (χ4n) is 3.73. The van der Waals surface area contributed by atoms with E-state index in [0.29, 0.717) is 22.8 Å². The first kappa shape index (κ1) is 22.7. The number of benzene rings is 3. The number of carbonyl (C=O) groups excluding carboxylic acids is 1. The van der Waals surface area contributed by atoms with Crippen LogP contribution in [-0.2, 0) is 0 Å². The smallest absolute Gasteiger partial charge is 0.203 e. The number of rotatable bonds is 9. The Balaban J connectivity index is 1.52. The molecule has 0 unspecified atom stereocenters. The predicted octanol–water partition coefficient (Wildman–Crippen LogP) is 6.17. The minimum Gasteiger partial charge on any atom is -0.493 e. The Morgan fingerprint density at radius 1 is 0.882 bits per heavy atom. The fourth-order valence-corrected chi connectivity index (χ4v) is 3.73. The molecule has 3 aromatic carbocycles. The molecule has 0 fully saturated rings. The largest absolute Gasteiger partial charge is 0.493 e. The summed E-state index contributed by atoms with van der Waals surface area (Å²) in [7, 11) is 4.76. The molecule has 6 heteroatoms. The van der Waals surface area contributed by atoms with Crippen LogP contribution in [0.4, 0.5) is 5.69 Å². The molecule has 172 valence electrons. The fraction of sp³-hybridized carbons (Fsp3) is 0.107. The number of hydrogen-bond acceptors (Lipinski definition) is 5. The number of ether oxygens (including phenoxy) is 3. The highest BCUT2D eigenvalue weighted by molar-refractivity contribution is 6.13. The number of ketones is 1. The van der Waals surface area contributed by atoms with Gasteiger partial charge in [-0.3, -0.25) is 4.79 Å². The molecule has 4 rings (SSSR count). The van der Waals surface area contributed by atoms with E-state index < -0.39 is 0 Å². The first-order chi connectivity index (χ1) is 16.6. The molecule has 1 heterocycles. The standard InChI is InChI=1S/C28H26N2O4/c1-32-26-16-19(17-27(33-2)28(26)34-3)12-13-20-8-4-6-10-23(20)29-15-14-25(31)22-18-30-24-11-7-5-9-21(22)24/h4-18,29-30H,1-3H3/b13-12-,15-14-. The van der Waals surface area contributed by atoms with Crippen LogP contribution in [0.5, 0.6) is 17.2 Å². The van der Waals surface area contributed by atoms with Crippen LogP contribution >= 0.6 is 0 Å². The lowest BCUT2D eigenvalue weighted by molar-refractivity contribution is 0.104. The second-order valence-corrected chi connectivity index (χ2v) is 7.47. The van der Waals surface area contributed by atoms with Crippen molar-refractivity contribution in [1.82, 2.24) is 4.98 Å². The van der Waals surface area contributed by atoms with E-state index in [1.54, 1.807) is 33.7 Å². The summed E-state index contributed by atoms with van der Waals surface area (Å²) in [4.78, 5) is 15.8. The topological polar surface area (TPSA) is 72.6 Å². The lowest BCUT2D eigenvalue weighted by Gasteiger charge is -2.13. The Morgan fingerprint density at radius 2 is 1.59 bits per heavy atom. The Labute approximate surface area is 198 Å². The van der Waals surface area contributed by atoms with Crippen molar-refractivity contribution >= 4 is 34.5 Å². The van der Waals surface area contributed by atoms with E-state index in [1.807, 2.05) is 72.8 Å². The van der Waals surface area contributed by atoms with Gasteiger partial charge in [-0.2, -0.15) is 0 Å². The quantitative estimate of drug-likeness (QED) is 0.180. The van der Waals surface area contributed by atoms with E-state index in [9.17, 15) is 4.79 Å². The lowest BCUT2D eigenvalue weighted by atomic mass is 10.1. The molecule has 0 aliphatic heterocycles. The van der Waals surface area contributed by atoms with Gasteiger partial charge in [-0.1, -0.05) is 48.6 Å². The summed E-state index contributed by atoms with van der Waals surface area (Å²) in [5.41, 5.74) is 4.31. The minimum atomic E-state index is -0.0737. The molecule has 0 atom stereocenters. The number of allylic oxidation sites excluding steroid dienone is 1. The summed E-state index contributed by atoms with van der Waals surface area (Å²) in [5, 5.41) is 4.13. The van der Waals surface area contributed by atoms with E-state index in [2.05, 4.69) is 10.3 Å². The third-order valence-corrected chi connectivity index (χ3v) is 5.43. The predicted molar refractivity (Wildman–Crippen MR) is 137 cm³/mol. The highest BCUT2D eigenvalue weighted by Crippen LogP contribution is 2.38. The number of methoxy groups -OCH3 is 3. The van der Waals surface area contributed by atoms with E-state index in [4.69, 9.17) is 14.2 Å². The molecule has 0 aliphatic rings. The summed E-state index contributed by atoms with van der Waals surface area (Å²) in [6, 6.07) is 19.4. The summed E-state index contributed by atoms with van der Waals surface area (Å²) >= 11 is 0. The molecule has 0 bridgehead atoms. The third kappa shape index (κ3) is 4.81. The number of aromatic nitrogens is 1. The Kier molecular flexibility index (Phi) is 6.98. The summed E-state index contributed by atoms with van der Waals surface area (Å²) in [5.74, 6) is 1.66. The van der Waals surface area contributed by atoms with Crippen molar-refractivity contribution in [3.8, 4) is 17.2 Å². The van der Waals surface area contributed by atoms with Gasteiger partial charge < -0.3 is 24.5 Å². The first-order valence-corrected chi connectivity index (χ1v) is 10.7. The van der Waals surface area contributed by atoms with Gasteiger partial charge in [0, 0.05) is 40.6 Å². The lowest BCUT2D eigenvalue weighted by Crippen LogP contribution is -1.96. The maximum Gasteiger partial charge on any atom is 0.203 e. The van der Waals surface area contributed by atoms with Crippen molar-refractivity contribution in [2.45, 2.75) is 0 Å². The van der Waals surface area contributed by atoms with Gasteiger partial charge in [0.15, 0.2) is 17.3 Å². The van der Waals surface area contributed by atoms with Gasteiger partial charge in [0.1, 0.15) is 0 Å². The van der Waals surface area contributed by atoms with Gasteiger partial charge in [-0.15, -0.1) is 0 Å². The van der Waals surface area contributed by atoms with Crippen LogP contribution in [0.1, 0.15) is 21.5 Å². The zero-order chi connectivity index (χ0) is 23.9. The van der Waals surface area contributed by atoms with E-state index in [-0.39, 0.29) is 5.78 Å². The Bertz CT molecular complexity index is 1340. The molecular formula is C28H26N2O4. The molecule has 4 aromatic rings. The van der Waals surface area contributed by atoms with E-state index >= 15 is 0 Å². The Morgan fingerprint density at radius 3 is 2.32 bits per heavy atom. The van der Waals surface area contributed by atoms with Gasteiger partial charge in [-0.05, 0) is 35.4 Å². The van der Waals surface area contributed by atoms with Gasteiger partial charge in [0.2, 0.25) is 5.75 Å². The van der Waals surface area contributed by atoms with Crippen molar-refractivity contribution in [3.63, 3.8) is 0 Å². The molecule has 0 amide bonds. The van der Waals surface area contributed by atoms with Crippen LogP contribution in [0, 0.1) is 0 Å². The van der Waals surface area contributed by atoms with Crippen LogP contribution in [0.3, 0.4) is 0 Å². The second kappa shape index (κ2) is 10.4. The molecule has 0 spiro atoms. The van der Waals surface area contributed by atoms with E-state index in [1.165, 1.54) is 6.08 Å². The van der Waals surface area contributed by atoms with Crippen molar-refractivity contribution < 1.29 is 19.0 Å². The zero-order valence-corrected chi connectivity index (χ0v) is 19.3. The van der Waals surface area contributed by atoms with Crippen LogP contribution in [0.2, 0.25) is 0 Å². The first-order valence-electron chi connectivity index (χ1n) is 10.7. The summed E-state index contributed by atoms with van der Waals surface area (Å²) in [6.45, 7) is 0. The number of nitrogens with one attached hydrogen (secondary N) is 2. The molecule has 2 N–H and O–H groups in total. The summed E-state index contributed by atoms with van der Waals surface area (Å²) < 4.78 is 16.3. The third-order valence-electron chi connectivity index (χ3n) is 5.43. The number of para-hydroxylation sites is 2. The van der Waals surface area contributed by atoms with Crippen molar-refractivity contribution in [1.29, 1.82) is 0 Å². The molecule has 6 nitrogen and oxygen atoms in total. The van der Waals surface area contributed by atoms with Crippen molar-refractivity contribution in [2.75, 3.05) is 26.6 Å². The average Bonchev–Trinajstić information content (AvgIpc) is 3.31. The van der Waals surface area contributed by atoms with E-state index in [0.717, 1.165) is 27.7 Å². The molecule has 0 saturated carbocycles. The van der Waals surface area contributed by atoms with Crippen LogP contribution in [0.25, 0.3) is 23.1 Å². The maximum atomic E-state index is 12.7. The molecule has 0 radical (unpaired) electrons. The monoisotopic (exact) mass is 454 g/mol. The normalized spacial score (nSPS) is 11.3.